The molecule has 3 aromatic rings. The molecular weight excluding hydrogens is 288 g/mol. The molecule has 3 N–H and O–H groups in total. The Hall–Kier alpha value is -1.92. The molecule has 0 atom stereocenters. The lowest BCUT2D eigenvalue weighted by molar-refractivity contribution is 0.935. The van der Waals surface area contributed by atoms with Gasteiger partial charge in [-0.3, -0.25) is 4.90 Å². The lowest BCUT2D eigenvalue weighted by atomic mass is 10.1. The molecule has 0 fully saturated rings. The van der Waals surface area contributed by atoms with Gasteiger partial charge < -0.3 is 10.7 Å². The van der Waals surface area contributed by atoms with Gasteiger partial charge in [0.25, 0.3) is 0 Å². The number of hydrogen-bond acceptors (Lipinski definition) is 3. The number of fused-ring (bicyclic) bond motifs is 1. The maximum atomic E-state index is 5.80. The number of nitrogens with two attached hydrogens (primary N) is 1. The number of benzene rings is 1. The number of anilines is 1. The monoisotopic (exact) mass is 302 g/mol. The highest BCUT2D eigenvalue weighted by Crippen LogP contribution is 2.21. The molecule has 0 amide bonds. The lowest BCUT2D eigenvalue weighted by Gasteiger charge is -2.19. The zero-order chi connectivity index (χ0) is 13.9. The summed E-state index contributed by atoms with van der Waals surface area (Å²) in [6, 6.07) is 8.27. The zero-order valence-corrected chi connectivity index (χ0v) is 12.4. The first-order valence-corrected chi connectivity index (χ1v) is 7.56. The van der Waals surface area contributed by atoms with Crippen LogP contribution in [0, 0.1) is 0 Å². The number of thiazole rings is 1. The molecule has 20 heavy (non-hydrogen) atoms. The molecule has 4 nitrogen and oxygen atoms in total. The van der Waals surface area contributed by atoms with E-state index >= 15 is 0 Å². The van der Waals surface area contributed by atoms with Gasteiger partial charge in [0.2, 0.25) is 0 Å². The van der Waals surface area contributed by atoms with Crippen molar-refractivity contribution in [3.63, 3.8) is 0 Å². The summed E-state index contributed by atoms with van der Waals surface area (Å²) in [4.78, 5) is 9.43. The number of H-pyrrole nitrogens is 1. The Morgan fingerprint density at radius 1 is 1.40 bits per heavy atom. The fourth-order valence-electron chi connectivity index (χ4n) is 2.22. The molecule has 2 aromatic heterocycles. The summed E-state index contributed by atoms with van der Waals surface area (Å²) in [5, 5.41) is 4.37. The quantitative estimate of drug-likeness (QED) is 0.728. The van der Waals surface area contributed by atoms with Crippen molar-refractivity contribution in [2.75, 3.05) is 11.4 Å². The minimum Gasteiger partial charge on any atom is -0.376 e. The number of nitrogens with zero attached hydrogens (tertiary/aromatic N) is 2. The van der Waals surface area contributed by atoms with E-state index in [1.807, 2.05) is 28.6 Å². The molecule has 0 saturated heterocycles. The minimum absolute atomic E-state index is 0.361. The van der Waals surface area contributed by atoms with Crippen LogP contribution in [0.3, 0.4) is 0 Å². The van der Waals surface area contributed by atoms with Gasteiger partial charge in [-0.1, -0.05) is 18.2 Å². The number of rotatable bonds is 4. The Bertz CT molecular complexity index is 718. The number of nitrogens with one attached hydrogen (secondary N) is 1. The Labute approximate surface area is 126 Å². The molecule has 2 heterocycles. The highest BCUT2D eigenvalue weighted by Gasteiger charge is 2.13. The highest BCUT2D eigenvalue weighted by molar-refractivity contribution is 7.80. The van der Waals surface area contributed by atoms with Gasteiger partial charge in [-0.05, 0) is 30.3 Å². The van der Waals surface area contributed by atoms with Gasteiger partial charge in [0.1, 0.15) is 0 Å². The van der Waals surface area contributed by atoms with Gasteiger partial charge in [0.05, 0.1) is 0 Å². The molecule has 0 unspecified atom stereocenters. The second-order valence-corrected chi connectivity index (χ2v) is 5.71. The predicted molar refractivity (Wildman–Crippen MR) is 88.2 cm³/mol. The van der Waals surface area contributed by atoms with E-state index in [1.54, 1.807) is 6.20 Å². The molecule has 0 aliphatic carbocycles. The zero-order valence-electron chi connectivity index (χ0n) is 10.7. The third-order valence-electron chi connectivity index (χ3n) is 3.20. The van der Waals surface area contributed by atoms with Gasteiger partial charge >= 0.3 is 0 Å². The van der Waals surface area contributed by atoms with Crippen molar-refractivity contribution in [3.05, 3.63) is 47.6 Å². The Morgan fingerprint density at radius 2 is 2.25 bits per heavy atom. The third kappa shape index (κ3) is 2.52. The van der Waals surface area contributed by atoms with Crippen LogP contribution in [0.1, 0.15) is 5.56 Å². The van der Waals surface area contributed by atoms with Crippen LogP contribution in [0.5, 0.6) is 0 Å². The van der Waals surface area contributed by atoms with Gasteiger partial charge in [-0.25, -0.2) is 4.98 Å². The molecule has 1 aromatic carbocycles. The molecule has 3 rings (SSSR count). The highest BCUT2D eigenvalue weighted by atomic mass is 32.1. The molecule has 6 heteroatoms. The molecule has 0 bridgehead atoms. The predicted octanol–water partition coefficient (Wildman–Crippen LogP) is 2.92. The van der Waals surface area contributed by atoms with Crippen LogP contribution in [-0.2, 0) is 6.42 Å². The van der Waals surface area contributed by atoms with Crippen LogP contribution in [0.2, 0.25) is 0 Å². The SMILES string of the molecule is NC(=S)N(CCc1c[nH]c2ccccc12)c1nccs1. The maximum absolute atomic E-state index is 5.80. The summed E-state index contributed by atoms with van der Waals surface area (Å²) < 4.78 is 0. The molecule has 0 saturated carbocycles. The Morgan fingerprint density at radius 3 is 3.00 bits per heavy atom. The van der Waals surface area contributed by atoms with E-state index in [1.165, 1.54) is 22.3 Å². The first kappa shape index (κ1) is 13.1. The van der Waals surface area contributed by atoms with Crippen LogP contribution in [0.15, 0.2) is 42.0 Å². The summed E-state index contributed by atoms with van der Waals surface area (Å²) >= 11 is 6.66. The summed E-state index contributed by atoms with van der Waals surface area (Å²) in [7, 11) is 0. The second kappa shape index (κ2) is 5.60. The van der Waals surface area contributed by atoms with E-state index in [0.29, 0.717) is 5.11 Å². The molecule has 0 radical (unpaired) electrons. The Balaban J connectivity index is 1.79. The number of hydrogen-bond donors (Lipinski definition) is 2. The first-order chi connectivity index (χ1) is 9.75. The summed E-state index contributed by atoms with van der Waals surface area (Å²) in [6.45, 7) is 0.727. The number of aromatic nitrogens is 2. The van der Waals surface area contributed by atoms with E-state index in [-0.39, 0.29) is 0 Å². The maximum Gasteiger partial charge on any atom is 0.191 e. The van der Waals surface area contributed by atoms with Gasteiger partial charge in [-0.15, -0.1) is 11.3 Å². The number of para-hydroxylation sites is 1. The molecule has 0 spiro atoms. The van der Waals surface area contributed by atoms with Crippen molar-refractivity contribution in [1.82, 2.24) is 9.97 Å². The van der Waals surface area contributed by atoms with E-state index in [0.717, 1.165) is 23.6 Å². The smallest absolute Gasteiger partial charge is 0.191 e. The normalized spacial score (nSPS) is 10.8. The van der Waals surface area contributed by atoms with Crippen LogP contribution in [0.25, 0.3) is 10.9 Å². The molecule has 0 aliphatic rings. The second-order valence-electron chi connectivity index (χ2n) is 4.41. The lowest BCUT2D eigenvalue weighted by Crippen LogP contribution is -2.37. The average Bonchev–Trinajstić information content (AvgIpc) is 3.09. The standard InChI is InChI=1S/C14H14N4S2/c15-13(19)18(14-16-6-8-20-14)7-5-10-9-17-12-4-2-1-3-11(10)12/h1-4,6,8-9,17H,5,7H2,(H2,15,19). The van der Waals surface area contributed by atoms with Crippen LogP contribution >= 0.6 is 23.6 Å². The topological polar surface area (TPSA) is 57.9 Å². The average molecular weight is 302 g/mol. The van der Waals surface area contributed by atoms with Gasteiger partial charge in [-0.2, -0.15) is 0 Å². The van der Waals surface area contributed by atoms with E-state index in [4.69, 9.17) is 18.0 Å². The minimum atomic E-state index is 0.361. The van der Waals surface area contributed by atoms with Crippen molar-refractivity contribution in [2.24, 2.45) is 5.73 Å². The van der Waals surface area contributed by atoms with Crippen molar-refractivity contribution in [3.8, 4) is 0 Å². The fraction of sp³-hybridized carbons (Fsp3) is 0.143. The van der Waals surface area contributed by atoms with Crippen LogP contribution < -0.4 is 10.6 Å². The first-order valence-electron chi connectivity index (χ1n) is 6.27. The molecule has 0 aliphatic heterocycles. The van der Waals surface area contributed by atoms with Crippen molar-refractivity contribution >= 4 is 44.7 Å². The van der Waals surface area contributed by atoms with E-state index in [9.17, 15) is 0 Å². The number of aromatic amines is 1. The molecular formula is C14H14N4S2. The van der Waals surface area contributed by atoms with Gasteiger partial charge in [0, 0.05) is 35.2 Å². The summed E-state index contributed by atoms with van der Waals surface area (Å²) in [5.74, 6) is 0. The van der Waals surface area contributed by atoms with Crippen LogP contribution in [0.4, 0.5) is 5.13 Å². The van der Waals surface area contributed by atoms with Crippen molar-refractivity contribution in [1.29, 1.82) is 0 Å². The third-order valence-corrected chi connectivity index (χ3v) is 4.21. The van der Waals surface area contributed by atoms with Crippen molar-refractivity contribution in [2.45, 2.75) is 6.42 Å². The van der Waals surface area contributed by atoms with E-state index < -0.39 is 0 Å². The molecule has 102 valence electrons. The summed E-state index contributed by atoms with van der Waals surface area (Å²) in [6.07, 6.45) is 4.67. The summed E-state index contributed by atoms with van der Waals surface area (Å²) in [5.41, 5.74) is 8.21. The largest absolute Gasteiger partial charge is 0.376 e. The Kier molecular flexibility index (Phi) is 3.66. The van der Waals surface area contributed by atoms with Crippen molar-refractivity contribution < 1.29 is 0 Å². The van der Waals surface area contributed by atoms with Gasteiger partial charge in [0.15, 0.2) is 10.2 Å². The van der Waals surface area contributed by atoms with E-state index in [2.05, 4.69) is 22.1 Å². The number of thiocarbonyl (C=S) groups is 1. The fourth-order valence-corrected chi connectivity index (χ4v) is 3.14. The van der Waals surface area contributed by atoms with Crippen LogP contribution in [-0.4, -0.2) is 21.6 Å².